The van der Waals surface area contributed by atoms with Gasteiger partial charge in [0.1, 0.15) is 0 Å². The van der Waals surface area contributed by atoms with Crippen molar-refractivity contribution in [3.05, 3.63) is 24.5 Å². The molecule has 0 bridgehead atoms. The predicted molar refractivity (Wildman–Crippen MR) is 46.8 cm³/mol. The highest BCUT2D eigenvalue weighted by Crippen LogP contribution is 1.92. The van der Waals surface area contributed by atoms with Gasteiger partial charge in [0.2, 0.25) is 0 Å². The Morgan fingerprint density at radius 1 is 1.43 bits per heavy atom. The number of carbonyl (C=O) groups excluding carboxylic acids is 2. The van der Waals surface area contributed by atoms with Crippen LogP contribution in [0.4, 0.5) is 0 Å². The highest BCUT2D eigenvalue weighted by atomic mass is 16.6. The molecule has 0 spiro atoms. The molecule has 1 aliphatic heterocycles. The monoisotopic (exact) mass is 204 g/mol. The first-order chi connectivity index (χ1) is 6.20. The first-order valence-electron chi connectivity index (χ1n) is 3.48. The summed E-state index contributed by atoms with van der Waals surface area (Å²) in [7, 11) is 0. The van der Waals surface area contributed by atoms with Crippen LogP contribution in [0.2, 0.25) is 0 Å². The van der Waals surface area contributed by atoms with Crippen molar-refractivity contribution in [3.63, 3.8) is 0 Å². The second kappa shape index (κ2) is 9.43. The van der Waals surface area contributed by atoms with Crippen molar-refractivity contribution in [2.45, 2.75) is 6.92 Å². The zero-order valence-electron chi connectivity index (χ0n) is 7.60. The molecule has 80 valence electrons. The van der Waals surface area contributed by atoms with Crippen LogP contribution in [0.1, 0.15) is 6.92 Å². The third-order valence-electron chi connectivity index (χ3n) is 0.864. The van der Waals surface area contributed by atoms with E-state index in [1.165, 1.54) is 6.26 Å². The van der Waals surface area contributed by atoms with Crippen LogP contribution in [0.5, 0.6) is 0 Å². The number of carbonyl (C=O) groups is 2. The maximum absolute atomic E-state index is 9.92. The van der Waals surface area contributed by atoms with Gasteiger partial charge >= 0.3 is 11.9 Å². The molecule has 1 rings (SSSR count). The maximum atomic E-state index is 9.92. The molecule has 0 saturated carbocycles. The average molecular weight is 204 g/mol. The summed E-state index contributed by atoms with van der Waals surface area (Å²) in [4.78, 5) is 19.8. The van der Waals surface area contributed by atoms with Gasteiger partial charge in [0, 0.05) is 12.2 Å². The van der Waals surface area contributed by atoms with E-state index >= 15 is 0 Å². The van der Waals surface area contributed by atoms with Crippen molar-refractivity contribution >= 4 is 11.9 Å². The quantitative estimate of drug-likeness (QED) is 0.277. The topological polar surface area (TPSA) is 104 Å². The lowest BCUT2D eigenvalue weighted by Gasteiger charge is -1.85. The number of cyclic esters (lactones) is 2. The van der Waals surface area contributed by atoms with Crippen molar-refractivity contribution < 1.29 is 29.6 Å². The van der Waals surface area contributed by atoms with E-state index in [2.05, 4.69) is 9.47 Å². The van der Waals surface area contributed by atoms with E-state index in [-0.39, 0.29) is 12.3 Å². The van der Waals surface area contributed by atoms with Crippen LogP contribution in [0.3, 0.4) is 0 Å². The Morgan fingerprint density at radius 3 is 2.07 bits per heavy atom. The molecule has 1 aliphatic rings. The van der Waals surface area contributed by atoms with E-state index in [0.29, 0.717) is 0 Å². The number of aliphatic hydroxyl groups is 1. The summed E-state index contributed by atoms with van der Waals surface area (Å²) in [5.74, 6) is -1.16. The minimum absolute atomic E-state index is 0. The fraction of sp³-hybridized carbons (Fsp3) is 0.250. The number of ether oxygens (including phenoxy) is 2. The Labute approximate surface area is 80.7 Å². The van der Waals surface area contributed by atoms with E-state index < -0.39 is 11.9 Å². The highest BCUT2D eigenvalue weighted by molar-refractivity contribution is 6.04. The zero-order valence-corrected chi connectivity index (χ0v) is 7.60. The minimum Gasteiger partial charge on any atom is -0.476 e. The highest BCUT2D eigenvalue weighted by Gasteiger charge is 2.10. The number of hydrogen-bond acceptors (Lipinski definition) is 5. The van der Waals surface area contributed by atoms with Gasteiger partial charge in [-0.2, -0.15) is 0 Å². The Balaban J connectivity index is 0. The molecule has 6 heteroatoms. The molecule has 0 fully saturated rings. The smallest absolute Gasteiger partial charge is 0.338 e. The molecule has 0 aromatic heterocycles. The lowest BCUT2D eigenvalue weighted by Crippen LogP contribution is -1.96. The Bertz CT molecular complexity index is 214. The number of allylic oxidation sites excluding steroid dienone is 1. The summed E-state index contributed by atoms with van der Waals surface area (Å²) in [6.45, 7) is 1.58. The zero-order chi connectivity index (χ0) is 10.1. The molecule has 0 unspecified atom stereocenters. The van der Waals surface area contributed by atoms with Crippen LogP contribution in [-0.4, -0.2) is 29.3 Å². The molecule has 14 heavy (non-hydrogen) atoms. The SMILES string of the molecule is CC=COCO.O.O=C1C=CC(=O)O1. The van der Waals surface area contributed by atoms with Gasteiger partial charge in [-0.05, 0) is 6.92 Å². The minimum atomic E-state index is -0.579. The summed E-state index contributed by atoms with van der Waals surface area (Å²) >= 11 is 0. The number of hydrogen-bond donors (Lipinski definition) is 1. The average Bonchev–Trinajstić information content (AvgIpc) is 2.47. The molecule has 0 radical (unpaired) electrons. The fourth-order valence-electron chi connectivity index (χ4n) is 0.443. The van der Waals surface area contributed by atoms with Gasteiger partial charge in [0.25, 0.3) is 0 Å². The molecule has 6 nitrogen and oxygen atoms in total. The van der Waals surface area contributed by atoms with Gasteiger partial charge in [-0.1, -0.05) is 6.08 Å². The first kappa shape index (κ1) is 14.8. The van der Waals surface area contributed by atoms with Gasteiger partial charge in [-0.25, -0.2) is 9.59 Å². The number of esters is 2. The van der Waals surface area contributed by atoms with Crippen LogP contribution in [0.25, 0.3) is 0 Å². The Hall–Kier alpha value is -1.66. The van der Waals surface area contributed by atoms with Crippen molar-refractivity contribution in [3.8, 4) is 0 Å². The fourth-order valence-corrected chi connectivity index (χ4v) is 0.443. The molecule has 0 aromatic rings. The third-order valence-corrected chi connectivity index (χ3v) is 0.864. The maximum Gasteiger partial charge on any atom is 0.338 e. The molecular formula is C8H12O6. The van der Waals surface area contributed by atoms with E-state index in [1.807, 2.05) is 6.92 Å². The lowest BCUT2D eigenvalue weighted by atomic mass is 10.6. The second-order valence-electron chi connectivity index (χ2n) is 1.84. The van der Waals surface area contributed by atoms with E-state index in [1.54, 1.807) is 6.08 Å². The molecule has 3 N–H and O–H groups in total. The second-order valence-corrected chi connectivity index (χ2v) is 1.84. The summed E-state index contributed by atoms with van der Waals surface area (Å²) in [6.07, 6.45) is 5.31. The van der Waals surface area contributed by atoms with Gasteiger partial charge in [-0.3, -0.25) is 0 Å². The predicted octanol–water partition coefficient (Wildman–Crippen LogP) is -0.712. The summed E-state index contributed by atoms with van der Waals surface area (Å²) in [6, 6.07) is 0. The normalized spacial score (nSPS) is 13.0. The molecule has 0 aliphatic carbocycles. The van der Waals surface area contributed by atoms with E-state index in [4.69, 9.17) is 5.11 Å². The largest absolute Gasteiger partial charge is 0.476 e. The van der Waals surface area contributed by atoms with E-state index in [0.717, 1.165) is 12.2 Å². The lowest BCUT2D eigenvalue weighted by molar-refractivity contribution is -0.150. The van der Waals surface area contributed by atoms with Crippen LogP contribution >= 0.6 is 0 Å². The molecule has 0 saturated heterocycles. The van der Waals surface area contributed by atoms with Crippen molar-refractivity contribution in [2.24, 2.45) is 0 Å². The van der Waals surface area contributed by atoms with Crippen LogP contribution < -0.4 is 0 Å². The van der Waals surface area contributed by atoms with Crippen LogP contribution in [-0.2, 0) is 19.1 Å². The molecule has 1 heterocycles. The van der Waals surface area contributed by atoms with Crippen molar-refractivity contribution in [2.75, 3.05) is 6.79 Å². The molecule has 0 atom stereocenters. The number of aliphatic hydroxyl groups excluding tert-OH is 1. The first-order valence-corrected chi connectivity index (χ1v) is 3.48. The van der Waals surface area contributed by atoms with Gasteiger partial charge in [0.15, 0.2) is 6.79 Å². The van der Waals surface area contributed by atoms with Crippen molar-refractivity contribution in [1.82, 2.24) is 0 Å². The van der Waals surface area contributed by atoms with Gasteiger partial charge < -0.3 is 20.1 Å². The summed E-state index contributed by atoms with van der Waals surface area (Å²) in [5.41, 5.74) is 0. The Morgan fingerprint density at radius 2 is 1.93 bits per heavy atom. The summed E-state index contributed by atoms with van der Waals surface area (Å²) < 4.78 is 8.33. The van der Waals surface area contributed by atoms with Crippen molar-refractivity contribution in [1.29, 1.82) is 0 Å². The van der Waals surface area contributed by atoms with Gasteiger partial charge in [-0.15, -0.1) is 0 Å². The number of rotatable bonds is 2. The van der Waals surface area contributed by atoms with E-state index in [9.17, 15) is 9.59 Å². The molecule has 0 amide bonds. The van der Waals surface area contributed by atoms with Gasteiger partial charge in [0.05, 0.1) is 6.26 Å². The van der Waals surface area contributed by atoms with Crippen LogP contribution in [0.15, 0.2) is 24.5 Å². The van der Waals surface area contributed by atoms with Crippen LogP contribution in [0, 0.1) is 0 Å². The molecular weight excluding hydrogens is 192 g/mol. The third kappa shape index (κ3) is 8.44. The standard InChI is InChI=1S/C4H2O3.C4H8O2.H2O/c5-3-1-2-4(6)7-3;1-2-3-6-4-5;/h1-2H;2-3,5H,4H2,1H3;1H2. The summed E-state index contributed by atoms with van der Waals surface area (Å²) in [5, 5.41) is 7.92. The molecule has 0 aromatic carbocycles. The Kier molecular flexibility index (Phi) is 10.00.